The van der Waals surface area contributed by atoms with E-state index in [2.05, 4.69) is 15.3 Å². The Bertz CT molecular complexity index is 431. The molecule has 0 aliphatic heterocycles. The predicted molar refractivity (Wildman–Crippen MR) is 73.9 cm³/mol. The topological polar surface area (TPSA) is 121 Å². The highest BCUT2D eigenvalue weighted by atomic mass is 16.4. The van der Waals surface area contributed by atoms with Gasteiger partial charge in [-0.2, -0.15) is 0 Å². The van der Waals surface area contributed by atoms with E-state index in [0.29, 0.717) is 18.0 Å². The number of aliphatic carboxylic acids is 1. The minimum absolute atomic E-state index is 0.167. The van der Waals surface area contributed by atoms with Crippen LogP contribution in [0.3, 0.4) is 0 Å². The van der Waals surface area contributed by atoms with Crippen LogP contribution >= 0.6 is 0 Å². The van der Waals surface area contributed by atoms with Gasteiger partial charge in [0.1, 0.15) is 6.04 Å². The fraction of sp³-hybridized carbons (Fsp3) is 0.615. The first-order valence-corrected chi connectivity index (χ1v) is 6.64. The zero-order valence-electron chi connectivity index (χ0n) is 11.8. The molecule has 0 fully saturated rings. The van der Waals surface area contributed by atoms with Gasteiger partial charge in [0, 0.05) is 24.9 Å². The fourth-order valence-corrected chi connectivity index (χ4v) is 1.99. The number of carboxylic acid groups (broad SMARTS) is 1. The molecule has 0 bridgehead atoms. The van der Waals surface area contributed by atoms with Crippen LogP contribution in [0.2, 0.25) is 0 Å². The van der Waals surface area contributed by atoms with Crippen LogP contribution in [0.25, 0.3) is 0 Å². The van der Waals surface area contributed by atoms with Crippen LogP contribution in [0.5, 0.6) is 0 Å². The lowest BCUT2D eigenvalue weighted by Crippen LogP contribution is -2.46. The van der Waals surface area contributed by atoms with E-state index in [1.54, 1.807) is 0 Å². The van der Waals surface area contributed by atoms with Gasteiger partial charge in [0.15, 0.2) is 0 Å². The van der Waals surface area contributed by atoms with Crippen molar-refractivity contribution in [3.05, 3.63) is 18.2 Å². The van der Waals surface area contributed by atoms with E-state index in [-0.39, 0.29) is 24.8 Å². The number of carboxylic acids is 1. The molecule has 112 valence electrons. The maximum atomic E-state index is 12.1. The number of H-pyrrole nitrogens is 1. The van der Waals surface area contributed by atoms with Crippen molar-refractivity contribution in [3.63, 3.8) is 0 Å². The Morgan fingerprint density at radius 1 is 1.50 bits per heavy atom. The molecule has 1 rings (SSSR count). The van der Waals surface area contributed by atoms with Crippen LogP contribution in [-0.2, 0) is 16.0 Å². The summed E-state index contributed by atoms with van der Waals surface area (Å²) >= 11 is 0. The molecule has 1 aromatic heterocycles. The predicted octanol–water partition coefficient (Wildman–Crippen LogP) is 0.143. The average molecular weight is 282 g/mol. The Kier molecular flexibility index (Phi) is 6.17. The van der Waals surface area contributed by atoms with E-state index in [0.717, 1.165) is 0 Å². The highest BCUT2D eigenvalue weighted by Gasteiger charge is 2.25. The molecule has 0 aromatic carbocycles. The van der Waals surface area contributed by atoms with Crippen molar-refractivity contribution in [2.75, 3.05) is 6.54 Å². The van der Waals surface area contributed by atoms with Crippen LogP contribution in [0, 0.1) is 11.8 Å². The second-order valence-corrected chi connectivity index (χ2v) is 5.24. The molecular formula is C13H22N4O3. The third kappa shape index (κ3) is 5.00. The lowest BCUT2D eigenvalue weighted by Gasteiger charge is -2.20. The minimum Gasteiger partial charge on any atom is -0.480 e. The van der Waals surface area contributed by atoms with Crippen LogP contribution in [0.1, 0.15) is 26.0 Å². The molecule has 0 saturated heterocycles. The molecule has 0 radical (unpaired) electrons. The standard InChI is InChI=1S/C13H22N4O3/c1-8(2)3-9(5-14)12(18)17-11(13(19)20)4-10-6-15-7-16-10/h6-9,11H,3-5,14H2,1-2H3,(H,15,16)(H,17,18)(H,19,20)/t9?,11-/m1/s1. The van der Waals surface area contributed by atoms with Gasteiger partial charge in [-0.15, -0.1) is 0 Å². The van der Waals surface area contributed by atoms with Crippen LogP contribution in [0.15, 0.2) is 12.5 Å². The first-order chi connectivity index (χ1) is 9.43. The Hall–Kier alpha value is -1.89. The second-order valence-electron chi connectivity index (χ2n) is 5.24. The van der Waals surface area contributed by atoms with Gasteiger partial charge in [-0.1, -0.05) is 13.8 Å². The van der Waals surface area contributed by atoms with E-state index < -0.39 is 12.0 Å². The summed E-state index contributed by atoms with van der Waals surface area (Å²) in [6.07, 6.45) is 3.81. The van der Waals surface area contributed by atoms with Gasteiger partial charge in [-0.25, -0.2) is 9.78 Å². The number of nitrogens with zero attached hydrogens (tertiary/aromatic N) is 1. The molecule has 0 aliphatic rings. The Morgan fingerprint density at radius 2 is 2.20 bits per heavy atom. The summed E-state index contributed by atoms with van der Waals surface area (Å²) in [6, 6.07) is -0.982. The van der Waals surface area contributed by atoms with Crippen LogP contribution in [0.4, 0.5) is 0 Å². The number of imidazole rings is 1. The van der Waals surface area contributed by atoms with Gasteiger partial charge in [0.05, 0.1) is 12.2 Å². The van der Waals surface area contributed by atoms with Gasteiger partial charge in [-0.3, -0.25) is 4.79 Å². The number of nitrogens with one attached hydrogen (secondary N) is 2. The molecule has 7 nitrogen and oxygen atoms in total. The first kappa shape index (κ1) is 16.2. The molecule has 7 heteroatoms. The maximum Gasteiger partial charge on any atom is 0.326 e. The monoisotopic (exact) mass is 282 g/mol. The summed E-state index contributed by atoms with van der Waals surface area (Å²) in [6.45, 7) is 4.20. The first-order valence-electron chi connectivity index (χ1n) is 6.64. The lowest BCUT2D eigenvalue weighted by molar-refractivity contribution is -0.142. The van der Waals surface area contributed by atoms with Crippen molar-refractivity contribution in [1.82, 2.24) is 15.3 Å². The summed E-state index contributed by atoms with van der Waals surface area (Å²) in [5.41, 5.74) is 6.24. The van der Waals surface area contributed by atoms with E-state index in [1.807, 2.05) is 13.8 Å². The average Bonchev–Trinajstić information content (AvgIpc) is 2.87. The third-order valence-corrected chi connectivity index (χ3v) is 3.00. The number of carbonyl (C=O) groups is 2. The molecule has 0 spiro atoms. The summed E-state index contributed by atoms with van der Waals surface area (Å²) in [5, 5.41) is 11.7. The van der Waals surface area contributed by atoms with Crippen molar-refractivity contribution in [3.8, 4) is 0 Å². The van der Waals surface area contributed by atoms with Gasteiger partial charge in [-0.05, 0) is 12.3 Å². The summed E-state index contributed by atoms with van der Waals surface area (Å²) in [4.78, 5) is 29.9. The highest BCUT2D eigenvalue weighted by molar-refractivity contribution is 5.85. The Labute approximate surface area is 118 Å². The smallest absolute Gasteiger partial charge is 0.326 e. The van der Waals surface area contributed by atoms with Gasteiger partial charge >= 0.3 is 5.97 Å². The summed E-state index contributed by atoms with van der Waals surface area (Å²) in [7, 11) is 0. The Balaban J connectivity index is 2.64. The Morgan fingerprint density at radius 3 is 2.65 bits per heavy atom. The lowest BCUT2D eigenvalue weighted by atomic mass is 9.96. The number of aromatic nitrogens is 2. The maximum absolute atomic E-state index is 12.1. The normalized spacial score (nSPS) is 14.0. The molecular weight excluding hydrogens is 260 g/mol. The van der Waals surface area contributed by atoms with Crippen molar-refractivity contribution < 1.29 is 14.7 Å². The highest BCUT2D eigenvalue weighted by Crippen LogP contribution is 2.11. The van der Waals surface area contributed by atoms with E-state index in [1.165, 1.54) is 12.5 Å². The molecule has 1 heterocycles. The zero-order chi connectivity index (χ0) is 15.1. The number of rotatable bonds is 8. The van der Waals surface area contributed by atoms with Crippen LogP contribution in [-0.4, -0.2) is 39.5 Å². The van der Waals surface area contributed by atoms with Crippen molar-refractivity contribution in [2.45, 2.75) is 32.7 Å². The molecule has 2 atom stereocenters. The molecule has 1 amide bonds. The fourth-order valence-electron chi connectivity index (χ4n) is 1.99. The SMILES string of the molecule is CC(C)CC(CN)C(=O)N[C@H](Cc1cnc[nH]1)C(=O)O. The number of carbonyl (C=O) groups excluding carboxylic acids is 1. The molecule has 1 aromatic rings. The number of aromatic amines is 1. The van der Waals surface area contributed by atoms with E-state index in [4.69, 9.17) is 5.73 Å². The zero-order valence-corrected chi connectivity index (χ0v) is 11.8. The van der Waals surface area contributed by atoms with E-state index in [9.17, 15) is 14.7 Å². The number of nitrogens with two attached hydrogens (primary N) is 1. The van der Waals surface area contributed by atoms with Crippen molar-refractivity contribution >= 4 is 11.9 Å². The van der Waals surface area contributed by atoms with Gasteiger partial charge in [0.2, 0.25) is 5.91 Å². The second kappa shape index (κ2) is 7.64. The summed E-state index contributed by atoms with van der Waals surface area (Å²) < 4.78 is 0. The third-order valence-electron chi connectivity index (χ3n) is 3.00. The van der Waals surface area contributed by atoms with Gasteiger partial charge in [0.25, 0.3) is 0 Å². The van der Waals surface area contributed by atoms with Gasteiger partial charge < -0.3 is 21.1 Å². The number of hydrogen-bond acceptors (Lipinski definition) is 4. The number of hydrogen-bond donors (Lipinski definition) is 4. The molecule has 0 aliphatic carbocycles. The largest absolute Gasteiger partial charge is 0.480 e. The minimum atomic E-state index is -1.08. The van der Waals surface area contributed by atoms with E-state index >= 15 is 0 Å². The number of amides is 1. The molecule has 1 unspecified atom stereocenters. The van der Waals surface area contributed by atoms with Crippen molar-refractivity contribution in [1.29, 1.82) is 0 Å². The van der Waals surface area contributed by atoms with Crippen molar-refractivity contribution in [2.24, 2.45) is 17.6 Å². The quantitative estimate of drug-likeness (QED) is 0.540. The molecule has 20 heavy (non-hydrogen) atoms. The van der Waals surface area contributed by atoms with Crippen LogP contribution < -0.4 is 11.1 Å². The molecule has 5 N–H and O–H groups in total. The summed E-state index contributed by atoms with van der Waals surface area (Å²) in [5.74, 6) is -1.43. The molecule has 0 saturated carbocycles.